The third-order valence-electron chi connectivity index (χ3n) is 4.02. The molecule has 0 bridgehead atoms. The van der Waals surface area contributed by atoms with E-state index in [0.29, 0.717) is 31.2 Å². The molecule has 24 heavy (non-hydrogen) atoms. The van der Waals surface area contributed by atoms with E-state index in [-0.39, 0.29) is 18.4 Å². The Hall–Kier alpha value is -2.40. The third-order valence-corrected chi connectivity index (χ3v) is 4.26. The van der Waals surface area contributed by atoms with Gasteiger partial charge in [-0.05, 0) is 17.7 Å². The molecule has 1 aliphatic rings. The van der Waals surface area contributed by atoms with Crippen molar-refractivity contribution in [3.05, 3.63) is 59.1 Å². The van der Waals surface area contributed by atoms with Gasteiger partial charge in [0.2, 0.25) is 0 Å². The lowest BCUT2D eigenvalue weighted by Gasteiger charge is -2.35. The van der Waals surface area contributed by atoms with E-state index in [1.54, 1.807) is 17.0 Å². The molecule has 0 spiro atoms. The van der Waals surface area contributed by atoms with Gasteiger partial charge < -0.3 is 19.6 Å². The fourth-order valence-corrected chi connectivity index (χ4v) is 2.87. The highest BCUT2D eigenvalue weighted by Crippen LogP contribution is 2.30. The number of hydrogen-bond donors (Lipinski definition) is 1. The largest absolute Gasteiger partial charge is 0.506 e. The first-order valence-corrected chi connectivity index (χ1v) is 8.20. The zero-order chi connectivity index (χ0) is 16.9. The molecular weight excluding hydrogens is 328 g/mol. The topological polar surface area (TPSA) is 53.0 Å². The van der Waals surface area contributed by atoms with Crippen molar-refractivity contribution in [3.8, 4) is 5.75 Å². The molecule has 1 fully saturated rings. The molecule has 3 rings (SSSR count). The van der Waals surface area contributed by atoms with Crippen molar-refractivity contribution in [1.82, 2.24) is 4.90 Å². The standard InChI is InChI=1S/C18H19ClN2O3/c19-15-6-7-16(17(22)12-15)20-8-10-21(11-9-20)18(23)24-13-14-4-2-1-3-5-14/h1-7,12,22H,8-11,13H2. The van der Waals surface area contributed by atoms with Gasteiger partial charge in [0.05, 0.1) is 5.69 Å². The molecule has 0 aromatic heterocycles. The highest BCUT2D eigenvalue weighted by Gasteiger charge is 2.23. The SMILES string of the molecule is O=C(OCc1ccccc1)N1CCN(c2ccc(Cl)cc2O)CC1. The summed E-state index contributed by atoms with van der Waals surface area (Å²) in [5.74, 6) is 0.155. The molecule has 0 unspecified atom stereocenters. The number of amides is 1. The first kappa shape index (κ1) is 16.5. The number of halogens is 1. The lowest BCUT2D eigenvalue weighted by Crippen LogP contribution is -2.48. The van der Waals surface area contributed by atoms with Crippen LogP contribution in [-0.4, -0.2) is 42.3 Å². The van der Waals surface area contributed by atoms with Gasteiger partial charge in [0.1, 0.15) is 12.4 Å². The molecule has 1 saturated heterocycles. The van der Waals surface area contributed by atoms with Crippen LogP contribution in [0.25, 0.3) is 0 Å². The fraction of sp³-hybridized carbons (Fsp3) is 0.278. The smallest absolute Gasteiger partial charge is 0.410 e. The van der Waals surface area contributed by atoms with Gasteiger partial charge in [0.25, 0.3) is 0 Å². The van der Waals surface area contributed by atoms with E-state index in [4.69, 9.17) is 16.3 Å². The van der Waals surface area contributed by atoms with Crippen molar-refractivity contribution in [3.63, 3.8) is 0 Å². The van der Waals surface area contributed by atoms with Crippen molar-refractivity contribution in [2.75, 3.05) is 31.1 Å². The van der Waals surface area contributed by atoms with Crippen LogP contribution >= 0.6 is 11.6 Å². The summed E-state index contributed by atoms with van der Waals surface area (Å²) in [6.45, 7) is 2.65. The number of benzene rings is 2. The summed E-state index contributed by atoms with van der Waals surface area (Å²) < 4.78 is 5.35. The molecule has 0 atom stereocenters. The van der Waals surface area contributed by atoms with Crippen molar-refractivity contribution >= 4 is 23.4 Å². The second-order valence-corrected chi connectivity index (χ2v) is 6.08. The van der Waals surface area contributed by atoms with Gasteiger partial charge in [-0.15, -0.1) is 0 Å². The minimum Gasteiger partial charge on any atom is -0.506 e. The van der Waals surface area contributed by atoms with Crippen LogP contribution in [0.4, 0.5) is 10.5 Å². The highest BCUT2D eigenvalue weighted by molar-refractivity contribution is 6.30. The highest BCUT2D eigenvalue weighted by atomic mass is 35.5. The molecule has 1 heterocycles. The fourth-order valence-electron chi connectivity index (χ4n) is 2.70. The molecule has 5 nitrogen and oxygen atoms in total. The zero-order valence-corrected chi connectivity index (χ0v) is 13.9. The summed E-state index contributed by atoms with van der Waals surface area (Å²) in [4.78, 5) is 15.9. The van der Waals surface area contributed by atoms with Gasteiger partial charge in [-0.1, -0.05) is 41.9 Å². The van der Waals surface area contributed by atoms with Crippen molar-refractivity contribution < 1.29 is 14.6 Å². The predicted octanol–water partition coefficient (Wildman–Crippen LogP) is 3.50. The molecule has 2 aromatic rings. The Bertz CT molecular complexity index is 701. The number of hydrogen-bond acceptors (Lipinski definition) is 4. The Morgan fingerprint density at radius 2 is 1.79 bits per heavy atom. The number of rotatable bonds is 3. The van der Waals surface area contributed by atoms with E-state index in [2.05, 4.69) is 0 Å². The summed E-state index contributed by atoms with van der Waals surface area (Å²) in [7, 11) is 0. The second kappa shape index (κ2) is 7.45. The van der Waals surface area contributed by atoms with Gasteiger partial charge in [0.15, 0.2) is 0 Å². The lowest BCUT2D eigenvalue weighted by molar-refractivity contribution is 0.0942. The third kappa shape index (κ3) is 3.92. The summed E-state index contributed by atoms with van der Waals surface area (Å²) >= 11 is 5.86. The minimum absolute atomic E-state index is 0.155. The first-order chi connectivity index (χ1) is 11.6. The summed E-state index contributed by atoms with van der Waals surface area (Å²) in [5, 5.41) is 10.5. The number of nitrogens with zero attached hydrogens (tertiary/aromatic N) is 2. The van der Waals surface area contributed by atoms with Crippen LogP contribution in [0.2, 0.25) is 5.02 Å². The Kier molecular flexibility index (Phi) is 5.11. The van der Waals surface area contributed by atoms with E-state index in [1.165, 1.54) is 6.07 Å². The predicted molar refractivity (Wildman–Crippen MR) is 93.5 cm³/mol. The first-order valence-electron chi connectivity index (χ1n) is 7.82. The molecule has 1 N–H and O–H groups in total. The van der Waals surface area contributed by atoms with Crippen LogP contribution in [0.1, 0.15) is 5.56 Å². The van der Waals surface area contributed by atoms with Crippen LogP contribution in [0, 0.1) is 0 Å². The van der Waals surface area contributed by atoms with Crippen molar-refractivity contribution in [2.24, 2.45) is 0 Å². The molecule has 1 amide bonds. The van der Waals surface area contributed by atoms with Gasteiger partial charge >= 0.3 is 6.09 Å². The molecule has 6 heteroatoms. The Morgan fingerprint density at radius 1 is 1.08 bits per heavy atom. The van der Waals surface area contributed by atoms with E-state index in [9.17, 15) is 9.90 Å². The number of carbonyl (C=O) groups is 1. The van der Waals surface area contributed by atoms with Crippen LogP contribution in [0.15, 0.2) is 48.5 Å². The second-order valence-electron chi connectivity index (χ2n) is 5.65. The molecule has 0 saturated carbocycles. The van der Waals surface area contributed by atoms with E-state index in [1.807, 2.05) is 35.2 Å². The number of piperazine rings is 1. The van der Waals surface area contributed by atoms with Gasteiger partial charge in [-0.3, -0.25) is 0 Å². The lowest BCUT2D eigenvalue weighted by atomic mass is 10.2. The van der Waals surface area contributed by atoms with Gasteiger partial charge in [0, 0.05) is 37.3 Å². The maximum Gasteiger partial charge on any atom is 0.410 e. The Morgan fingerprint density at radius 3 is 2.46 bits per heavy atom. The Balaban J connectivity index is 1.52. The minimum atomic E-state index is -0.307. The number of aromatic hydroxyl groups is 1. The van der Waals surface area contributed by atoms with E-state index in [0.717, 1.165) is 11.3 Å². The van der Waals surface area contributed by atoms with Gasteiger partial charge in [-0.2, -0.15) is 0 Å². The molecular formula is C18H19ClN2O3. The Labute approximate surface area is 146 Å². The van der Waals surface area contributed by atoms with Gasteiger partial charge in [-0.25, -0.2) is 4.79 Å². The average molecular weight is 347 g/mol. The number of phenolic OH excluding ortho intramolecular Hbond substituents is 1. The van der Waals surface area contributed by atoms with Crippen LogP contribution in [0.3, 0.4) is 0 Å². The molecule has 1 aliphatic heterocycles. The number of ether oxygens (including phenoxy) is 1. The molecule has 0 aliphatic carbocycles. The molecule has 0 radical (unpaired) electrons. The summed E-state index contributed by atoms with van der Waals surface area (Å²) in [6, 6.07) is 14.7. The molecule has 2 aromatic carbocycles. The quantitative estimate of drug-likeness (QED) is 0.924. The van der Waals surface area contributed by atoms with Crippen LogP contribution in [0.5, 0.6) is 5.75 Å². The van der Waals surface area contributed by atoms with Crippen molar-refractivity contribution in [1.29, 1.82) is 0 Å². The number of anilines is 1. The summed E-state index contributed by atoms with van der Waals surface area (Å²) in [5.41, 5.74) is 1.70. The average Bonchev–Trinajstić information content (AvgIpc) is 2.61. The van der Waals surface area contributed by atoms with E-state index < -0.39 is 0 Å². The van der Waals surface area contributed by atoms with Crippen molar-refractivity contribution in [2.45, 2.75) is 6.61 Å². The van der Waals surface area contributed by atoms with Crippen LogP contribution < -0.4 is 4.90 Å². The van der Waals surface area contributed by atoms with Crippen LogP contribution in [-0.2, 0) is 11.3 Å². The maximum absolute atomic E-state index is 12.1. The maximum atomic E-state index is 12.1. The molecule has 126 valence electrons. The summed E-state index contributed by atoms with van der Waals surface area (Å²) in [6.07, 6.45) is -0.307. The number of carbonyl (C=O) groups excluding carboxylic acids is 1. The monoisotopic (exact) mass is 346 g/mol. The number of phenols is 1. The van der Waals surface area contributed by atoms with E-state index >= 15 is 0 Å². The zero-order valence-electron chi connectivity index (χ0n) is 13.2. The normalized spacial score (nSPS) is 14.5.